The van der Waals surface area contributed by atoms with Crippen LogP contribution < -0.4 is 10.6 Å². The van der Waals surface area contributed by atoms with Crippen LogP contribution in [0.5, 0.6) is 0 Å². The van der Waals surface area contributed by atoms with Crippen molar-refractivity contribution in [2.75, 3.05) is 31.1 Å². The molecule has 2 amide bonds. The molecule has 0 heterocycles. The van der Waals surface area contributed by atoms with E-state index in [1.54, 1.807) is 41.7 Å². The predicted octanol–water partition coefficient (Wildman–Crippen LogP) is 4.06. The van der Waals surface area contributed by atoms with Crippen LogP contribution in [0.2, 0.25) is 0 Å². The molecule has 0 saturated heterocycles. The first-order valence-corrected chi connectivity index (χ1v) is 14.5. The van der Waals surface area contributed by atoms with Gasteiger partial charge in [0.15, 0.2) is 6.23 Å². The summed E-state index contributed by atoms with van der Waals surface area (Å²) in [6.07, 6.45) is 3.97. The zero-order chi connectivity index (χ0) is 27.4. The van der Waals surface area contributed by atoms with Crippen molar-refractivity contribution in [3.63, 3.8) is 0 Å². The van der Waals surface area contributed by atoms with Crippen LogP contribution in [0.4, 0.5) is 0 Å². The quantitative estimate of drug-likeness (QED) is 0.286. The van der Waals surface area contributed by atoms with Gasteiger partial charge in [0, 0.05) is 24.5 Å². The standard InChI is InChI=1S/C27H34N2O6S2/c1-17-8-6-7-9-20(17)22-16-19(25(31)29-24(13-15-37-5)35-18(2)30)10-11-21(22)26(32)28-23(12-14-36-4)27(33)34-3/h6-11,16,23-24H,12-15H2,1-5H3,(H,28,32)(H,29,31). The van der Waals surface area contributed by atoms with Crippen molar-refractivity contribution in [2.24, 2.45) is 0 Å². The van der Waals surface area contributed by atoms with Gasteiger partial charge in [-0.2, -0.15) is 23.5 Å². The van der Waals surface area contributed by atoms with Crippen LogP contribution in [0.3, 0.4) is 0 Å². The van der Waals surface area contributed by atoms with Gasteiger partial charge in [-0.15, -0.1) is 0 Å². The molecule has 0 aliphatic rings. The van der Waals surface area contributed by atoms with Crippen molar-refractivity contribution in [3.05, 3.63) is 59.2 Å². The number of rotatable bonds is 13. The third-order valence-electron chi connectivity index (χ3n) is 5.55. The molecular formula is C27H34N2O6S2. The largest absolute Gasteiger partial charge is 0.467 e. The summed E-state index contributed by atoms with van der Waals surface area (Å²) in [6, 6.07) is 11.5. The van der Waals surface area contributed by atoms with Gasteiger partial charge in [0.05, 0.1) is 7.11 Å². The van der Waals surface area contributed by atoms with E-state index in [0.29, 0.717) is 41.0 Å². The van der Waals surface area contributed by atoms with Gasteiger partial charge in [0.1, 0.15) is 6.04 Å². The van der Waals surface area contributed by atoms with E-state index in [4.69, 9.17) is 9.47 Å². The van der Waals surface area contributed by atoms with Crippen molar-refractivity contribution < 1.29 is 28.7 Å². The lowest BCUT2D eigenvalue weighted by molar-refractivity contribution is -0.147. The van der Waals surface area contributed by atoms with Crippen molar-refractivity contribution in [1.29, 1.82) is 0 Å². The second-order valence-electron chi connectivity index (χ2n) is 8.26. The lowest BCUT2D eigenvalue weighted by Gasteiger charge is -2.20. The number of thioether (sulfide) groups is 2. The van der Waals surface area contributed by atoms with E-state index in [-0.39, 0.29) is 0 Å². The predicted molar refractivity (Wildman–Crippen MR) is 149 cm³/mol. The van der Waals surface area contributed by atoms with Gasteiger partial charge in [0.25, 0.3) is 11.8 Å². The number of hydrogen-bond donors (Lipinski definition) is 2. The fourth-order valence-corrected chi connectivity index (χ4v) is 4.58. The third kappa shape index (κ3) is 9.12. The normalized spacial score (nSPS) is 12.2. The van der Waals surface area contributed by atoms with Gasteiger partial charge in [0.2, 0.25) is 0 Å². The van der Waals surface area contributed by atoms with Gasteiger partial charge in [-0.3, -0.25) is 14.4 Å². The summed E-state index contributed by atoms with van der Waals surface area (Å²) >= 11 is 3.14. The Labute approximate surface area is 226 Å². The summed E-state index contributed by atoms with van der Waals surface area (Å²) in [5, 5.41) is 5.55. The van der Waals surface area contributed by atoms with Crippen LogP contribution in [0.15, 0.2) is 42.5 Å². The molecule has 0 saturated carbocycles. The monoisotopic (exact) mass is 546 g/mol. The maximum Gasteiger partial charge on any atom is 0.328 e. The molecule has 8 nitrogen and oxygen atoms in total. The average Bonchev–Trinajstić information content (AvgIpc) is 2.88. The molecule has 2 unspecified atom stereocenters. The Morgan fingerprint density at radius 3 is 2.19 bits per heavy atom. The Hall–Kier alpha value is -2.98. The second-order valence-corrected chi connectivity index (χ2v) is 10.2. The second kappa shape index (κ2) is 15.3. The first-order valence-electron chi connectivity index (χ1n) is 11.8. The number of ether oxygens (including phenoxy) is 2. The number of aryl methyl sites for hydroxylation is 1. The first-order chi connectivity index (χ1) is 17.7. The Bertz CT molecular complexity index is 1110. The molecule has 2 N–H and O–H groups in total. The van der Waals surface area contributed by atoms with Crippen molar-refractivity contribution in [3.8, 4) is 11.1 Å². The van der Waals surface area contributed by atoms with E-state index in [9.17, 15) is 19.2 Å². The fraction of sp³-hybridized carbons (Fsp3) is 0.407. The van der Waals surface area contributed by atoms with Gasteiger partial charge in [-0.05, 0) is 72.3 Å². The summed E-state index contributed by atoms with van der Waals surface area (Å²) < 4.78 is 10.1. The van der Waals surface area contributed by atoms with Crippen LogP contribution in [-0.4, -0.2) is 67.1 Å². The molecule has 2 aromatic rings. The lowest BCUT2D eigenvalue weighted by atomic mass is 9.93. The maximum atomic E-state index is 13.4. The number of hydrogen-bond acceptors (Lipinski definition) is 8. The molecule has 0 aliphatic carbocycles. The number of nitrogens with one attached hydrogen (secondary N) is 2. The number of methoxy groups -OCH3 is 1. The minimum atomic E-state index is -0.793. The molecule has 0 spiro atoms. The zero-order valence-corrected chi connectivity index (χ0v) is 23.4. The summed E-state index contributed by atoms with van der Waals surface area (Å²) in [5.41, 5.74) is 2.87. The molecule has 0 aliphatic heterocycles. The molecule has 0 bridgehead atoms. The van der Waals surface area contributed by atoms with Gasteiger partial charge in [-0.1, -0.05) is 24.3 Å². The van der Waals surface area contributed by atoms with Crippen molar-refractivity contribution in [1.82, 2.24) is 10.6 Å². The van der Waals surface area contributed by atoms with Crippen LogP contribution in [-0.2, 0) is 19.1 Å². The van der Waals surface area contributed by atoms with E-state index in [2.05, 4.69) is 10.6 Å². The number of benzene rings is 2. The average molecular weight is 547 g/mol. The van der Waals surface area contributed by atoms with E-state index < -0.39 is 36.0 Å². The lowest BCUT2D eigenvalue weighted by Crippen LogP contribution is -2.42. The van der Waals surface area contributed by atoms with E-state index in [1.165, 1.54) is 14.0 Å². The van der Waals surface area contributed by atoms with Gasteiger partial charge >= 0.3 is 11.9 Å². The molecule has 200 valence electrons. The first kappa shape index (κ1) is 30.2. The molecule has 0 fully saturated rings. The Morgan fingerprint density at radius 2 is 1.57 bits per heavy atom. The summed E-state index contributed by atoms with van der Waals surface area (Å²) in [6.45, 7) is 3.21. The van der Waals surface area contributed by atoms with Crippen molar-refractivity contribution >= 4 is 47.3 Å². The highest BCUT2D eigenvalue weighted by molar-refractivity contribution is 7.98. The topological polar surface area (TPSA) is 111 Å². The SMILES string of the molecule is COC(=O)C(CCSC)NC(=O)c1ccc(C(=O)NC(CCSC)OC(C)=O)cc1-c1ccccc1C. The molecule has 0 radical (unpaired) electrons. The Kier molecular flexibility index (Phi) is 12.5. The van der Waals surface area contributed by atoms with E-state index in [0.717, 1.165) is 11.1 Å². The van der Waals surface area contributed by atoms with E-state index in [1.807, 2.05) is 43.7 Å². The van der Waals surface area contributed by atoms with E-state index >= 15 is 0 Å². The van der Waals surface area contributed by atoms with Crippen LogP contribution in [0, 0.1) is 6.92 Å². The van der Waals surface area contributed by atoms with Crippen LogP contribution in [0.1, 0.15) is 46.0 Å². The molecule has 37 heavy (non-hydrogen) atoms. The maximum absolute atomic E-state index is 13.4. The zero-order valence-electron chi connectivity index (χ0n) is 21.8. The molecule has 2 aromatic carbocycles. The molecular weight excluding hydrogens is 512 g/mol. The summed E-state index contributed by atoms with van der Waals surface area (Å²) in [4.78, 5) is 50.2. The number of amides is 2. The van der Waals surface area contributed by atoms with Crippen molar-refractivity contribution in [2.45, 2.75) is 39.0 Å². The van der Waals surface area contributed by atoms with Crippen LogP contribution in [0.25, 0.3) is 11.1 Å². The number of carbonyl (C=O) groups is 4. The Balaban J connectivity index is 2.44. The highest BCUT2D eigenvalue weighted by atomic mass is 32.2. The van der Waals surface area contributed by atoms with Gasteiger partial charge in [-0.25, -0.2) is 4.79 Å². The number of esters is 2. The molecule has 2 rings (SSSR count). The minimum absolute atomic E-state index is 0.308. The molecule has 10 heteroatoms. The minimum Gasteiger partial charge on any atom is -0.467 e. The highest BCUT2D eigenvalue weighted by Gasteiger charge is 2.25. The fourth-order valence-electron chi connectivity index (χ4n) is 3.66. The van der Waals surface area contributed by atoms with Crippen LogP contribution >= 0.6 is 23.5 Å². The smallest absolute Gasteiger partial charge is 0.328 e. The number of carbonyl (C=O) groups excluding carboxylic acids is 4. The summed E-state index contributed by atoms with van der Waals surface area (Å²) in [7, 11) is 1.29. The third-order valence-corrected chi connectivity index (χ3v) is 6.84. The Morgan fingerprint density at radius 1 is 0.892 bits per heavy atom. The highest BCUT2D eigenvalue weighted by Crippen LogP contribution is 2.28. The summed E-state index contributed by atoms with van der Waals surface area (Å²) in [5.74, 6) is -0.507. The molecule has 2 atom stereocenters. The van der Waals surface area contributed by atoms with Gasteiger partial charge < -0.3 is 20.1 Å². The molecule has 0 aromatic heterocycles.